The van der Waals surface area contributed by atoms with Gasteiger partial charge < -0.3 is 5.73 Å². The summed E-state index contributed by atoms with van der Waals surface area (Å²) in [6.45, 7) is 0.236. The highest BCUT2D eigenvalue weighted by atomic mass is 19.2. The predicted octanol–water partition coefficient (Wildman–Crippen LogP) is 3.39. The topological polar surface area (TPSA) is 26.0 Å². The Morgan fingerprint density at radius 1 is 0.895 bits per heavy atom. The number of hydrogen-bond acceptors (Lipinski definition) is 1. The van der Waals surface area contributed by atoms with Gasteiger partial charge in [0.05, 0.1) is 0 Å². The molecular formula is C15H14F3N. The normalized spacial score (nSPS) is 12.4. The molecule has 2 rings (SSSR count). The van der Waals surface area contributed by atoms with Crippen LogP contribution in [-0.4, -0.2) is 6.54 Å². The fraction of sp³-hybridized carbons (Fsp3) is 0.200. The molecule has 4 heteroatoms. The smallest absolute Gasteiger partial charge is 0.159 e. The third-order valence-electron chi connectivity index (χ3n) is 3.12. The first kappa shape index (κ1) is 13.6. The van der Waals surface area contributed by atoms with Gasteiger partial charge in [-0.1, -0.05) is 24.3 Å². The molecule has 0 heterocycles. The Bertz CT molecular complexity index is 569. The van der Waals surface area contributed by atoms with Crippen molar-refractivity contribution in [3.63, 3.8) is 0 Å². The molecule has 0 amide bonds. The van der Waals surface area contributed by atoms with Crippen molar-refractivity contribution in [2.24, 2.45) is 5.73 Å². The Morgan fingerprint density at radius 2 is 1.63 bits per heavy atom. The lowest BCUT2D eigenvalue weighted by molar-refractivity contribution is 0.504. The Balaban J connectivity index is 2.25. The van der Waals surface area contributed by atoms with Crippen molar-refractivity contribution >= 4 is 0 Å². The first-order chi connectivity index (χ1) is 9.11. The van der Waals surface area contributed by atoms with E-state index >= 15 is 0 Å². The first-order valence-corrected chi connectivity index (χ1v) is 6.00. The zero-order valence-corrected chi connectivity index (χ0v) is 10.2. The van der Waals surface area contributed by atoms with E-state index in [0.29, 0.717) is 17.5 Å². The van der Waals surface area contributed by atoms with Gasteiger partial charge in [-0.3, -0.25) is 0 Å². The molecule has 100 valence electrons. The molecule has 0 saturated heterocycles. The summed E-state index contributed by atoms with van der Waals surface area (Å²) in [4.78, 5) is 0. The molecule has 1 nitrogen and oxygen atoms in total. The molecule has 0 spiro atoms. The minimum atomic E-state index is -0.913. The van der Waals surface area contributed by atoms with Crippen molar-refractivity contribution < 1.29 is 13.2 Å². The van der Waals surface area contributed by atoms with E-state index in [2.05, 4.69) is 0 Å². The molecule has 0 aliphatic rings. The molecule has 0 saturated carbocycles. The molecule has 2 aromatic rings. The minimum absolute atomic E-state index is 0.236. The molecule has 0 aliphatic heterocycles. The van der Waals surface area contributed by atoms with Crippen LogP contribution in [0.4, 0.5) is 13.2 Å². The van der Waals surface area contributed by atoms with Crippen molar-refractivity contribution in [1.82, 2.24) is 0 Å². The van der Waals surface area contributed by atoms with Crippen LogP contribution in [0.15, 0.2) is 42.5 Å². The van der Waals surface area contributed by atoms with Crippen LogP contribution in [0.1, 0.15) is 17.0 Å². The van der Waals surface area contributed by atoms with Gasteiger partial charge in [-0.2, -0.15) is 0 Å². The fourth-order valence-corrected chi connectivity index (χ4v) is 2.03. The van der Waals surface area contributed by atoms with E-state index in [4.69, 9.17) is 5.73 Å². The number of halogens is 3. The Kier molecular flexibility index (Phi) is 4.22. The van der Waals surface area contributed by atoms with Gasteiger partial charge in [-0.05, 0) is 42.3 Å². The second-order valence-corrected chi connectivity index (χ2v) is 4.40. The SMILES string of the molecule is NCC(Cc1ccccc1F)c1ccc(F)c(F)c1. The van der Waals surface area contributed by atoms with Crippen LogP contribution in [-0.2, 0) is 6.42 Å². The van der Waals surface area contributed by atoms with Gasteiger partial charge in [0.2, 0.25) is 0 Å². The minimum Gasteiger partial charge on any atom is -0.330 e. The molecule has 2 N–H and O–H groups in total. The van der Waals surface area contributed by atoms with Crippen LogP contribution in [0.2, 0.25) is 0 Å². The van der Waals surface area contributed by atoms with Crippen LogP contribution < -0.4 is 5.73 Å². The lowest BCUT2D eigenvalue weighted by atomic mass is 9.92. The van der Waals surface area contributed by atoms with Gasteiger partial charge >= 0.3 is 0 Å². The van der Waals surface area contributed by atoms with Crippen molar-refractivity contribution in [1.29, 1.82) is 0 Å². The quantitative estimate of drug-likeness (QED) is 0.901. The summed E-state index contributed by atoms with van der Waals surface area (Å²) in [6.07, 6.45) is 0.355. The molecule has 2 aromatic carbocycles. The highest BCUT2D eigenvalue weighted by Crippen LogP contribution is 2.23. The van der Waals surface area contributed by atoms with E-state index in [1.165, 1.54) is 12.1 Å². The van der Waals surface area contributed by atoms with Gasteiger partial charge in [0.25, 0.3) is 0 Å². The Labute approximate surface area is 109 Å². The molecule has 1 atom stereocenters. The lowest BCUT2D eigenvalue weighted by Gasteiger charge is -2.16. The monoisotopic (exact) mass is 265 g/mol. The summed E-state index contributed by atoms with van der Waals surface area (Å²) >= 11 is 0. The number of nitrogens with two attached hydrogens (primary N) is 1. The summed E-state index contributed by atoms with van der Waals surface area (Å²) in [6, 6.07) is 10.0. The second-order valence-electron chi connectivity index (χ2n) is 4.40. The van der Waals surface area contributed by atoms with Crippen LogP contribution in [0.5, 0.6) is 0 Å². The van der Waals surface area contributed by atoms with Gasteiger partial charge in [-0.15, -0.1) is 0 Å². The third-order valence-corrected chi connectivity index (χ3v) is 3.12. The highest BCUT2D eigenvalue weighted by molar-refractivity contribution is 5.26. The van der Waals surface area contributed by atoms with Crippen molar-refractivity contribution in [2.45, 2.75) is 12.3 Å². The maximum Gasteiger partial charge on any atom is 0.159 e. The number of hydrogen-bond donors (Lipinski definition) is 1. The van der Waals surface area contributed by atoms with Crippen LogP contribution in [0.3, 0.4) is 0 Å². The largest absolute Gasteiger partial charge is 0.330 e. The summed E-state index contributed by atoms with van der Waals surface area (Å²) in [7, 11) is 0. The predicted molar refractivity (Wildman–Crippen MR) is 68.3 cm³/mol. The first-order valence-electron chi connectivity index (χ1n) is 6.00. The van der Waals surface area contributed by atoms with Gasteiger partial charge in [0.1, 0.15) is 5.82 Å². The fourth-order valence-electron chi connectivity index (χ4n) is 2.03. The molecule has 0 fully saturated rings. The molecule has 0 bridgehead atoms. The molecule has 0 radical (unpaired) electrons. The Morgan fingerprint density at radius 3 is 2.26 bits per heavy atom. The van der Waals surface area contributed by atoms with E-state index < -0.39 is 11.6 Å². The van der Waals surface area contributed by atoms with Gasteiger partial charge in [-0.25, -0.2) is 13.2 Å². The van der Waals surface area contributed by atoms with E-state index in [1.54, 1.807) is 18.2 Å². The molecule has 1 unspecified atom stereocenters. The molecule has 0 aromatic heterocycles. The van der Waals surface area contributed by atoms with Crippen molar-refractivity contribution in [2.75, 3.05) is 6.54 Å². The highest BCUT2D eigenvalue weighted by Gasteiger charge is 2.15. The summed E-state index contributed by atoms with van der Waals surface area (Å²) in [5.74, 6) is -2.37. The summed E-state index contributed by atoms with van der Waals surface area (Å²) in [5, 5.41) is 0. The number of benzene rings is 2. The van der Waals surface area contributed by atoms with Crippen LogP contribution in [0.25, 0.3) is 0 Å². The lowest BCUT2D eigenvalue weighted by Crippen LogP contribution is -2.16. The van der Waals surface area contributed by atoms with Gasteiger partial charge in [0, 0.05) is 5.92 Å². The average molecular weight is 265 g/mol. The maximum absolute atomic E-state index is 13.6. The number of rotatable bonds is 4. The van der Waals surface area contributed by atoms with E-state index in [0.717, 1.165) is 12.1 Å². The summed E-state index contributed by atoms with van der Waals surface area (Å²) in [5.41, 5.74) is 6.74. The summed E-state index contributed by atoms with van der Waals surface area (Å²) < 4.78 is 39.7. The van der Waals surface area contributed by atoms with E-state index in [-0.39, 0.29) is 18.3 Å². The maximum atomic E-state index is 13.6. The second kappa shape index (κ2) is 5.89. The zero-order valence-electron chi connectivity index (χ0n) is 10.2. The zero-order chi connectivity index (χ0) is 13.8. The molecular weight excluding hydrogens is 251 g/mol. The molecule has 0 aliphatic carbocycles. The molecule has 19 heavy (non-hydrogen) atoms. The van der Waals surface area contributed by atoms with Crippen molar-refractivity contribution in [3.05, 3.63) is 71.0 Å². The average Bonchev–Trinajstić information content (AvgIpc) is 2.41. The van der Waals surface area contributed by atoms with E-state index in [1.807, 2.05) is 0 Å². The van der Waals surface area contributed by atoms with Crippen LogP contribution in [0, 0.1) is 17.5 Å². The van der Waals surface area contributed by atoms with Gasteiger partial charge in [0.15, 0.2) is 11.6 Å². The Hall–Kier alpha value is -1.81. The van der Waals surface area contributed by atoms with Crippen molar-refractivity contribution in [3.8, 4) is 0 Å². The van der Waals surface area contributed by atoms with Crippen LogP contribution >= 0.6 is 0 Å². The standard InChI is InChI=1S/C15H14F3N/c16-13-4-2-1-3-11(13)7-12(9-19)10-5-6-14(17)15(18)8-10/h1-6,8,12H,7,9,19H2. The van der Waals surface area contributed by atoms with E-state index in [9.17, 15) is 13.2 Å². The third kappa shape index (κ3) is 3.15.